The minimum Gasteiger partial charge on any atom is -0.454 e. The minimum atomic E-state index is 0.158. The van der Waals surface area contributed by atoms with E-state index >= 15 is 0 Å². The monoisotopic (exact) mass is 273 g/mol. The van der Waals surface area contributed by atoms with E-state index < -0.39 is 0 Å². The predicted molar refractivity (Wildman–Crippen MR) is 78.6 cm³/mol. The van der Waals surface area contributed by atoms with E-state index in [-0.39, 0.29) is 10.8 Å². The van der Waals surface area contributed by atoms with Crippen molar-refractivity contribution in [1.29, 1.82) is 0 Å². The summed E-state index contributed by atoms with van der Waals surface area (Å²) in [5.41, 5.74) is 3.37. The van der Waals surface area contributed by atoms with Gasteiger partial charge in [-0.25, -0.2) is 0 Å². The first-order valence-corrected chi connectivity index (χ1v) is 7.57. The molecule has 2 aliphatic heterocycles. The van der Waals surface area contributed by atoms with Gasteiger partial charge in [-0.15, -0.1) is 0 Å². The molecule has 0 aromatic heterocycles. The van der Waals surface area contributed by atoms with Gasteiger partial charge in [-0.2, -0.15) is 0 Å². The van der Waals surface area contributed by atoms with Crippen molar-refractivity contribution in [3.05, 3.63) is 23.3 Å². The van der Waals surface area contributed by atoms with Crippen LogP contribution in [0.25, 0.3) is 0 Å². The normalized spacial score (nSPS) is 33.9. The van der Waals surface area contributed by atoms with Crippen LogP contribution in [0.5, 0.6) is 11.5 Å². The van der Waals surface area contributed by atoms with Crippen molar-refractivity contribution in [2.75, 3.05) is 20.4 Å². The van der Waals surface area contributed by atoms with Crippen molar-refractivity contribution >= 4 is 0 Å². The number of ether oxygens (including phenoxy) is 2. The quantitative estimate of drug-likeness (QED) is 0.725. The molecule has 108 valence electrons. The summed E-state index contributed by atoms with van der Waals surface area (Å²) >= 11 is 0. The summed E-state index contributed by atoms with van der Waals surface area (Å²) in [6.07, 6.45) is 2.46. The van der Waals surface area contributed by atoms with Gasteiger partial charge in [0.2, 0.25) is 6.79 Å². The zero-order chi connectivity index (χ0) is 14.1. The molecule has 2 bridgehead atoms. The highest BCUT2D eigenvalue weighted by Crippen LogP contribution is 2.54. The lowest BCUT2D eigenvalue weighted by Crippen LogP contribution is -2.58. The third kappa shape index (κ3) is 1.44. The van der Waals surface area contributed by atoms with Crippen molar-refractivity contribution in [2.45, 2.75) is 50.5 Å². The van der Waals surface area contributed by atoms with Gasteiger partial charge in [0.1, 0.15) is 0 Å². The molecule has 0 radical (unpaired) electrons. The maximum atomic E-state index is 5.60. The van der Waals surface area contributed by atoms with E-state index in [2.05, 4.69) is 44.9 Å². The molecular weight excluding hydrogens is 250 g/mol. The number of nitrogens with zero attached hydrogens (tertiary/aromatic N) is 1. The fourth-order valence-corrected chi connectivity index (χ4v) is 4.47. The molecule has 0 saturated carbocycles. The molecule has 3 nitrogen and oxygen atoms in total. The van der Waals surface area contributed by atoms with Crippen LogP contribution in [0.1, 0.15) is 44.7 Å². The number of hydrogen-bond acceptors (Lipinski definition) is 3. The Kier molecular flexibility index (Phi) is 2.32. The van der Waals surface area contributed by atoms with Gasteiger partial charge < -0.3 is 14.4 Å². The SMILES string of the molecule is CN1CCC2(C)CC1C(C)(C)c1cc3c(cc12)OCO3. The molecule has 2 heterocycles. The first kappa shape index (κ1) is 12.5. The van der Waals surface area contributed by atoms with Gasteiger partial charge >= 0.3 is 0 Å². The van der Waals surface area contributed by atoms with Crippen LogP contribution in [-0.4, -0.2) is 31.3 Å². The lowest BCUT2D eigenvalue weighted by atomic mass is 9.56. The van der Waals surface area contributed by atoms with Gasteiger partial charge in [-0.05, 0) is 55.1 Å². The predicted octanol–water partition coefficient (Wildman–Crippen LogP) is 3.06. The summed E-state index contributed by atoms with van der Waals surface area (Å²) in [7, 11) is 2.27. The zero-order valence-electron chi connectivity index (χ0n) is 12.8. The maximum Gasteiger partial charge on any atom is 0.231 e. The van der Waals surface area contributed by atoms with Crippen molar-refractivity contribution in [3.63, 3.8) is 0 Å². The van der Waals surface area contributed by atoms with Gasteiger partial charge in [0, 0.05) is 11.5 Å². The van der Waals surface area contributed by atoms with Crippen LogP contribution in [0.4, 0.5) is 0 Å². The lowest BCUT2D eigenvalue weighted by molar-refractivity contribution is 0.0596. The number of hydrogen-bond donors (Lipinski definition) is 0. The van der Waals surface area contributed by atoms with E-state index in [1.165, 1.54) is 30.5 Å². The molecule has 0 N–H and O–H groups in total. The van der Waals surface area contributed by atoms with Crippen molar-refractivity contribution < 1.29 is 9.47 Å². The summed E-state index contributed by atoms with van der Waals surface area (Å²) in [6.45, 7) is 8.71. The van der Waals surface area contributed by atoms with Gasteiger partial charge in [0.25, 0.3) is 0 Å². The van der Waals surface area contributed by atoms with E-state index in [1.807, 2.05) is 0 Å². The van der Waals surface area contributed by atoms with Gasteiger partial charge in [-0.3, -0.25) is 0 Å². The third-order valence-electron chi connectivity index (χ3n) is 5.88. The second-order valence-corrected chi connectivity index (χ2v) is 7.48. The second-order valence-electron chi connectivity index (χ2n) is 7.48. The smallest absolute Gasteiger partial charge is 0.231 e. The number of benzene rings is 1. The first-order valence-electron chi connectivity index (χ1n) is 7.57. The minimum absolute atomic E-state index is 0.158. The Morgan fingerprint density at radius 2 is 1.75 bits per heavy atom. The van der Waals surface area contributed by atoms with Crippen LogP contribution in [0, 0.1) is 0 Å². The Bertz CT molecular complexity index is 581. The van der Waals surface area contributed by atoms with Crippen LogP contribution in [-0.2, 0) is 10.8 Å². The Morgan fingerprint density at radius 3 is 2.45 bits per heavy atom. The van der Waals surface area contributed by atoms with E-state index in [0.29, 0.717) is 12.8 Å². The third-order valence-corrected chi connectivity index (χ3v) is 5.88. The van der Waals surface area contributed by atoms with Crippen LogP contribution in [0.3, 0.4) is 0 Å². The van der Waals surface area contributed by atoms with E-state index in [1.54, 1.807) is 0 Å². The average Bonchev–Trinajstić information content (AvgIpc) is 2.86. The molecule has 1 aliphatic carbocycles. The highest BCUT2D eigenvalue weighted by atomic mass is 16.7. The fraction of sp³-hybridized carbons (Fsp3) is 0.647. The summed E-state index contributed by atoms with van der Waals surface area (Å²) in [5.74, 6) is 1.85. The topological polar surface area (TPSA) is 21.7 Å². The molecule has 1 aromatic rings. The van der Waals surface area contributed by atoms with Crippen molar-refractivity contribution in [3.8, 4) is 11.5 Å². The molecular formula is C17H23NO2. The lowest BCUT2D eigenvalue weighted by Gasteiger charge is -2.56. The number of piperidine rings is 1. The van der Waals surface area contributed by atoms with Gasteiger partial charge in [0.05, 0.1) is 0 Å². The maximum absolute atomic E-state index is 5.60. The number of likely N-dealkylation sites (N-methyl/N-ethyl adjacent to an activating group) is 1. The van der Waals surface area contributed by atoms with Crippen LogP contribution in [0.15, 0.2) is 12.1 Å². The molecule has 20 heavy (non-hydrogen) atoms. The highest BCUT2D eigenvalue weighted by Gasteiger charge is 2.50. The summed E-state index contributed by atoms with van der Waals surface area (Å²) in [6, 6.07) is 5.09. The molecule has 1 saturated heterocycles. The molecule has 2 unspecified atom stereocenters. The van der Waals surface area contributed by atoms with Gasteiger partial charge in [-0.1, -0.05) is 20.8 Å². The van der Waals surface area contributed by atoms with E-state index in [4.69, 9.17) is 9.47 Å². The molecule has 1 fully saturated rings. The molecule has 1 aromatic carbocycles. The average molecular weight is 273 g/mol. The second kappa shape index (κ2) is 3.70. The van der Waals surface area contributed by atoms with E-state index in [9.17, 15) is 0 Å². The van der Waals surface area contributed by atoms with Crippen molar-refractivity contribution in [1.82, 2.24) is 4.90 Å². The van der Waals surface area contributed by atoms with Crippen LogP contribution < -0.4 is 9.47 Å². The van der Waals surface area contributed by atoms with Crippen LogP contribution in [0.2, 0.25) is 0 Å². The van der Waals surface area contributed by atoms with E-state index in [0.717, 1.165) is 11.5 Å². The van der Waals surface area contributed by atoms with Crippen molar-refractivity contribution in [2.24, 2.45) is 0 Å². The largest absolute Gasteiger partial charge is 0.454 e. The first-order chi connectivity index (χ1) is 9.42. The number of rotatable bonds is 0. The molecule has 2 atom stereocenters. The Labute approximate surface area is 120 Å². The Morgan fingerprint density at radius 1 is 1.10 bits per heavy atom. The Hall–Kier alpha value is -1.22. The standard InChI is InChI=1S/C17H23NO2/c1-16(2)11-7-13-14(20-10-19-13)8-12(11)17(3)5-6-18(4)15(16)9-17/h7-8,15H,5-6,9-10H2,1-4H3. The highest BCUT2D eigenvalue weighted by molar-refractivity contribution is 5.55. The molecule has 0 amide bonds. The number of fused-ring (bicyclic) bond motifs is 5. The molecule has 3 aliphatic rings. The zero-order valence-corrected chi connectivity index (χ0v) is 12.8. The molecule has 0 spiro atoms. The Balaban J connectivity index is 1.96. The summed E-state index contributed by atoms with van der Waals surface area (Å²) < 4.78 is 11.2. The fourth-order valence-electron chi connectivity index (χ4n) is 4.47. The number of likely N-dealkylation sites (tertiary alicyclic amines) is 1. The van der Waals surface area contributed by atoms with Crippen LogP contribution >= 0.6 is 0 Å². The summed E-state index contributed by atoms with van der Waals surface area (Å²) in [5, 5.41) is 0. The van der Waals surface area contributed by atoms with Gasteiger partial charge in [0.15, 0.2) is 11.5 Å². The summed E-state index contributed by atoms with van der Waals surface area (Å²) in [4.78, 5) is 2.54. The molecule has 4 rings (SSSR count). The molecule has 3 heteroatoms.